The van der Waals surface area contributed by atoms with Crippen LogP contribution >= 0.6 is 0 Å². The third kappa shape index (κ3) is 1.95. The fourth-order valence-corrected chi connectivity index (χ4v) is 4.56. The van der Waals surface area contributed by atoms with Crippen LogP contribution in [0.4, 0.5) is 0 Å². The molecule has 0 N–H and O–H groups in total. The maximum atomic E-state index is 6.22. The third-order valence-electron chi connectivity index (χ3n) is 5.87. The first-order valence-electron chi connectivity index (χ1n) is 9.94. The van der Waals surface area contributed by atoms with Crippen molar-refractivity contribution in [3.63, 3.8) is 0 Å². The second-order valence-corrected chi connectivity index (χ2v) is 7.51. The molecule has 0 spiro atoms. The number of pyridine rings is 2. The molecule has 4 nitrogen and oxygen atoms in total. The molecule has 0 fully saturated rings. The standard InChI is InChI=1S/C26H15N3O/c1-2-8-16(9-3-1)29-21-12-6-4-10-17(21)19-14-28-24-23(25(19)29)27-15-20-18-11-5-7-13-22(18)30-26(20)24/h1-15H. The number of fused-ring (bicyclic) bond motifs is 9. The summed E-state index contributed by atoms with van der Waals surface area (Å²) in [5, 5.41) is 4.31. The SMILES string of the molecule is c1ccc(-n2c3ccccc3c3cnc4c(ncc5c6ccccc6oc54)c32)cc1. The number of nitrogens with zero attached hydrogens (tertiary/aromatic N) is 3. The zero-order valence-corrected chi connectivity index (χ0v) is 15.9. The van der Waals surface area contributed by atoms with Crippen LogP contribution in [0.3, 0.4) is 0 Å². The van der Waals surface area contributed by atoms with Crippen LogP contribution in [0.5, 0.6) is 0 Å². The van der Waals surface area contributed by atoms with Crippen LogP contribution < -0.4 is 0 Å². The Morgan fingerprint density at radius 3 is 2.20 bits per heavy atom. The maximum Gasteiger partial charge on any atom is 0.164 e. The Kier molecular flexibility index (Phi) is 2.97. The molecular weight excluding hydrogens is 370 g/mol. The van der Waals surface area contributed by atoms with Crippen molar-refractivity contribution in [2.45, 2.75) is 0 Å². The Balaban J connectivity index is 1.73. The summed E-state index contributed by atoms with van der Waals surface area (Å²) >= 11 is 0. The van der Waals surface area contributed by atoms with E-state index in [0.717, 1.165) is 60.5 Å². The first-order chi connectivity index (χ1) is 14.9. The molecule has 7 rings (SSSR count). The van der Waals surface area contributed by atoms with E-state index in [4.69, 9.17) is 14.4 Å². The van der Waals surface area contributed by atoms with E-state index in [9.17, 15) is 0 Å². The van der Waals surface area contributed by atoms with Gasteiger partial charge in [0, 0.05) is 39.6 Å². The molecule has 0 atom stereocenters. The molecule has 0 aliphatic carbocycles. The van der Waals surface area contributed by atoms with E-state index < -0.39 is 0 Å². The van der Waals surface area contributed by atoms with Crippen molar-refractivity contribution >= 4 is 54.8 Å². The van der Waals surface area contributed by atoms with Crippen molar-refractivity contribution in [3.8, 4) is 5.69 Å². The molecule has 4 heterocycles. The van der Waals surface area contributed by atoms with Crippen molar-refractivity contribution < 1.29 is 4.42 Å². The minimum absolute atomic E-state index is 0.785. The van der Waals surface area contributed by atoms with E-state index in [1.807, 2.05) is 36.7 Å². The quantitative estimate of drug-likeness (QED) is 0.319. The van der Waals surface area contributed by atoms with Gasteiger partial charge in [0.05, 0.1) is 11.0 Å². The normalized spacial score (nSPS) is 12.0. The number of rotatable bonds is 1. The minimum Gasteiger partial charge on any atom is -0.454 e. The summed E-state index contributed by atoms with van der Waals surface area (Å²) in [6.07, 6.45) is 3.87. The molecule has 30 heavy (non-hydrogen) atoms. The van der Waals surface area contributed by atoms with Gasteiger partial charge in [-0.05, 0) is 24.3 Å². The number of aromatic nitrogens is 3. The topological polar surface area (TPSA) is 43.9 Å². The third-order valence-corrected chi connectivity index (χ3v) is 5.87. The lowest BCUT2D eigenvalue weighted by Gasteiger charge is -2.08. The lowest BCUT2D eigenvalue weighted by molar-refractivity contribution is 0.671. The van der Waals surface area contributed by atoms with Gasteiger partial charge in [-0.3, -0.25) is 4.98 Å². The lowest BCUT2D eigenvalue weighted by atomic mass is 10.1. The van der Waals surface area contributed by atoms with Crippen LogP contribution in [0.25, 0.3) is 60.5 Å². The fraction of sp³-hybridized carbons (Fsp3) is 0. The average molecular weight is 385 g/mol. The Labute approximate surface area is 171 Å². The average Bonchev–Trinajstić information content (AvgIpc) is 3.36. The molecule has 7 aromatic rings. The molecule has 0 aliphatic rings. The second-order valence-electron chi connectivity index (χ2n) is 7.51. The van der Waals surface area contributed by atoms with Crippen LogP contribution in [0.2, 0.25) is 0 Å². The molecule has 140 valence electrons. The van der Waals surface area contributed by atoms with E-state index >= 15 is 0 Å². The van der Waals surface area contributed by atoms with E-state index in [2.05, 4.69) is 59.2 Å². The highest BCUT2D eigenvalue weighted by atomic mass is 16.3. The second kappa shape index (κ2) is 5.67. The van der Waals surface area contributed by atoms with E-state index in [1.54, 1.807) is 0 Å². The molecule has 3 aromatic carbocycles. The first kappa shape index (κ1) is 15.7. The highest BCUT2D eigenvalue weighted by Crippen LogP contribution is 2.38. The van der Waals surface area contributed by atoms with Crippen molar-refractivity contribution in [1.82, 2.24) is 14.5 Å². The van der Waals surface area contributed by atoms with Crippen LogP contribution in [-0.2, 0) is 0 Å². The molecule has 0 saturated carbocycles. The summed E-state index contributed by atoms with van der Waals surface area (Å²) < 4.78 is 8.50. The van der Waals surface area contributed by atoms with Crippen molar-refractivity contribution in [1.29, 1.82) is 0 Å². The summed E-state index contributed by atoms with van der Waals surface area (Å²) in [5.41, 5.74) is 6.56. The zero-order valence-electron chi connectivity index (χ0n) is 15.9. The number of furan rings is 1. The molecule has 4 heteroatoms. The Hall–Kier alpha value is -4.18. The number of hydrogen-bond acceptors (Lipinski definition) is 3. The molecule has 4 aromatic heterocycles. The minimum atomic E-state index is 0.785. The highest BCUT2D eigenvalue weighted by molar-refractivity contribution is 6.21. The van der Waals surface area contributed by atoms with Crippen molar-refractivity contribution in [2.24, 2.45) is 0 Å². The molecule has 0 saturated heterocycles. The molecule has 0 aliphatic heterocycles. The van der Waals surface area contributed by atoms with Gasteiger partial charge >= 0.3 is 0 Å². The van der Waals surface area contributed by atoms with Crippen LogP contribution in [0, 0.1) is 0 Å². The zero-order chi connectivity index (χ0) is 19.7. The summed E-state index contributed by atoms with van der Waals surface area (Å²) in [5.74, 6) is 0. The summed E-state index contributed by atoms with van der Waals surface area (Å²) in [7, 11) is 0. The molecule has 0 amide bonds. The number of para-hydroxylation sites is 3. The predicted octanol–water partition coefficient (Wildman–Crippen LogP) is 6.63. The van der Waals surface area contributed by atoms with Gasteiger partial charge in [0.2, 0.25) is 0 Å². The predicted molar refractivity (Wildman–Crippen MR) is 121 cm³/mol. The van der Waals surface area contributed by atoms with Gasteiger partial charge in [-0.2, -0.15) is 0 Å². The van der Waals surface area contributed by atoms with Crippen LogP contribution in [0.1, 0.15) is 0 Å². The fourth-order valence-electron chi connectivity index (χ4n) is 4.56. The van der Waals surface area contributed by atoms with Gasteiger partial charge in [-0.25, -0.2) is 4.98 Å². The van der Waals surface area contributed by atoms with E-state index in [-0.39, 0.29) is 0 Å². The highest BCUT2D eigenvalue weighted by Gasteiger charge is 2.19. The van der Waals surface area contributed by atoms with E-state index in [0.29, 0.717) is 0 Å². The Morgan fingerprint density at radius 1 is 0.600 bits per heavy atom. The van der Waals surface area contributed by atoms with Crippen LogP contribution in [0.15, 0.2) is 95.7 Å². The molecular formula is C26H15N3O. The van der Waals surface area contributed by atoms with Gasteiger partial charge in [-0.1, -0.05) is 54.6 Å². The molecule has 0 bridgehead atoms. The monoisotopic (exact) mass is 385 g/mol. The first-order valence-corrected chi connectivity index (χ1v) is 9.94. The molecule has 0 unspecified atom stereocenters. The maximum absolute atomic E-state index is 6.22. The Morgan fingerprint density at radius 2 is 1.30 bits per heavy atom. The lowest BCUT2D eigenvalue weighted by Crippen LogP contribution is -1.95. The number of benzene rings is 3. The summed E-state index contributed by atoms with van der Waals surface area (Å²) in [6, 6.07) is 26.9. The molecule has 0 radical (unpaired) electrons. The summed E-state index contributed by atoms with van der Waals surface area (Å²) in [4.78, 5) is 9.72. The summed E-state index contributed by atoms with van der Waals surface area (Å²) in [6.45, 7) is 0. The Bertz CT molecular complexity index is 1740. The van der Waals surface area contributed by atoms with Gasteiger partial charge in [-0.15, -0.1) is 0 Å². The van der Waals surface area contributed by atoms with Gasteiger partial charge in [0.1, 0.15) is 16.6 Å². The van der Waals surface area contributed by atoms with Gasteiger partial charge < -0.3 is 8.98 Å². The number of hydrogen-bond donors (Lipinski definition) is 0. The largest absolute Gasteiger partial charge is 0.454 e. The smallest absolute Gasteiger partial charge is 0.164 e. The van der Waals surface area contributed by atoms with Crippen molar-refractivity contribution in [2.75, 3.05) is 0 Å². The van der Waals surface area contributed by atoms with Gasteiger partial charge in [0.25, 0.3) is 0 Å². The van der Waals surface area contributed by atoms with E-state index in [1.165, 1.54) is 0 Å². The van der Waals surface area contributed by atoms with Crippen molar-refractivity contribution in [3.05, 3.63) is 91.3 Å². The van der Waals surface area contributed by atoms with Crippen LogP contribution in [-0.4, -0.2) is 14.5 Å². The van der Waals surface area contributed by atoms with Gasteiger partial charge in [0.15, 0.2) is 5.58 Å².